The van der Waals surface area contributed by atoms with Crippen molar-refractivity contribution in [3.63, 3.8) is 0 Å². The van der Waals surface area contributed by atoms with Gasteiger partial charge >= 0.3 is 0 Å². The van der Waals surface area contributed by atoms with Crippen LogP contribution in [0.5, 0.6) is 0 Å². The lowest BCUT2D eigenvalue weighted by molar-refractivity contribution is 0.345. The van der Waals surface area contributed by atoms with Gasteiger partial charge in [-0.25, -0.2) is 4.99 Å². The van der Waals surface area contributed by atoms with Crippen molar-refractivity contribution in [2.75, 3.05) is 38.1 Å². The Bertz CT molecular complexity index is 757. The molecule has 166 valence electrons. The van der Waals surface area contributed by atoms with Gasteiger partial charge in [-0.1, -0.05) is 31.2 Å². The lowest BCUT2D eigenvalue weighted by Gasteiger charge is -2.33. The van der Waals surface area contributed by atoms with Crippen molar-refractivity contribution < 1.29 is 0 Å². The highest BCUT2D eigenvalue weighted by atomic mass is 127. The monoisotopic (exact) mass is 541 g/mol. The van der Waals surface area contributed by atoms with Gasteiger partial charge in [0, 0.05) is 32.2 Å². The fourth-order valence-electron chi connectivity index (χ4n) is 3.63. The van der Waals surface area contributed by atoms with Crippen LogP contribution in [0.3, 0.4) is 0 Å². The van der Waals surface area contributed by atoms with E-state index in [0.717, 1.165) is 51.5 Å². The molecular formula is C23H36IN5S. The van der Waals surface area contributed by atoms with E-state index in [1.54, 1.807) is 0 Å². The molecule has 0 saturated carbocycles. The molecule has 2 heterocycles. The largest absolute Gasteiger partial charge is 0.363 e. The highest BCUT2D eigenvalue weighted by Crippen LogP contribution is 2.24. The summed E-state index contributed by atoms with van der Waals surface area (Å²) in [4.78, 5) is 9.66. The molecule has 1 aromatic carbocycles. The second-order valence-electron chi connectivity index (χ2n) is 7.70. The number of nitrogens with zero attached hydrogens (tertiary/aromatic N) is 3. The van der Waals surface area contributed by atoms with E-state index in [4.69, 9.17) is 4.99 Å². The maximum absolute atomic E-state index is 4.86. The molecule has 1 aliphatic rings. The summed E-state index contributed by atoms with van der Waals surface area (Å²) in [5.74, 6) is 0.929. The molecular weight excluding hydrogens is 505 g/mol. The smallest absolute Gasteiger partial charge is 0.191 e. The predicted octanol–water partition coefficient (Wildman–Crippen LogP) is 4.54. The number of hydrogen-bond donors (Lipinski definition) is 2. The van der Waals surface area contributed by atoms with E-state index >= 15 is 0 Å². The van der Waals surface area contributed by atoms with E-state index in [9.17, 15) is 0 Å². The summed E-state index contributed by atoms with van der Waals surface area (Å²) in [7, 11) is 2.15. The molecule has 0 aliphatic carbocycles. The summed E-state index contributed by atoms with van der Waals surface area (Å²) < 4.78 is 0. The quantitative estimate of drug-likeness (QED) is 0.293. The van der Waals surface area contributed by atoms with Crippen LogP contribution in [0.4, 0.5) is 5.00 Å². The van der Waals surface area contributed by atoms with Crippen molar-refractivity contribution >= 4 is 46.3 Å². The molecule has 1 fully saturated rings. The van der Waals surface area contributed by atoms with Gasteiger partial charge in [0.1, 0.15) is 0 Å². The van der Waals surface area contributed by atoms with Gasteiger partial charge in [0.25, 0.3) is 0 Å². The number of piperidine rings is 1. The molecule has 7 heteroatoms. The lowest BCUT2D eigenvalue weighted by Crippen LogP contribution is -2.48. The first-order valence-corrected chi connectivity index (χ1v) is 11.7. The third kappa shape index (κ3) is 7.74. The molecule has 5 nitrogen and oxygen atoms in total. The van der Waals surface area contributed by atoms with E-state index in [1.165, 1.54) is 16.1 Å². The number of anilines is 1. The summed E-state index contributed by atoms with van der Waals surface area (Å²) in [6, 6.07) is 13.6. The van der Waals surface area contributed by atoms with E-state index in [2.05, 4.69) is 83.1 Å². The number of nitrogens with one attached hydrogen (secondary N) is 2. The topological polar surface area (TPSA) is 42.9 Å². The van der Waals surface area contributed by atoms with Crippen molar-refractivity contribution in [1.29, 1.82) is 0 Å². The van der Waals surface area contributed by atoms with E-state index in [1.807, 2.05) is 11.3 Å². The fraction of sp³-hybridized carbons (Fsp3) is 0.522. The minimum atomic E-state index is 0. The number of rotatable bonds is 8. The lowest BCUT2D eigenvalue weighted by atomic mass is 10.1. The summed E-state index contributed by atoms with van der Waals surface area (Å²) >= 11 is 1.83. The number of hydrogen-bond acceptors (Lipinski definition) is 4. The van der Waals surface area contributed by atoms with Crippen LogP contribution in [0.25, 0.3) is 0 Å². The molecule has 0 atom stereocenters. The van der Waals surface area contributed by atoms with Crippen LogP contribution in [-0.4, -0.2) is 50.1 Å². The second-order valence-corrected chi connectivity index (χ2v) is 8.63. The van der Waals surface area contributed by atoms with Gasteiger partial charge in [-0.15, -0.1) is 35.3 Å². The van der Waals surface area contributed by atoms with Gasteiger partial charge in [0.05, 0.1) is 11.5 Å². The second kappa shape index (κ2) is 13.2. The zero-order chi connectivity index (χ0) is 20.5. The minimum Gasteiger partial charge on any atom is -0.363 e. The standard InChI is InChI=1S/C23H35N5S.HI/c1-4-24-23(25-17-19-8-6-9-20(16-19)18-27(3)5-2)26-21-11-13-28(14-12-21)22-10-7-15-29-22;/h6-10,15-16,21H,4-5,11-14,17-18H2,1-3H3,(H2,24,25,26);1H. The Morgan fingerprint density at radius 1 is 1.17 bits per heavy atom. The van der Waals surface area contributed by atoms with Gasteiger partial charge in [0.2, 0.25) is 0 Å². The van der Waals surface area contributed by atoms with Crippen LogP contribution < -0.4 is 15.5 Å². The third-order valence-corrected chi connectivity index (χ3v) is 6.33. The maximum Gasteiger partial charge on any atom is 0.191 e. The van der Waals surface area contributed by atoms with Gasteiger partial charge in [0.15, 0.2) is 5.96 Å². The number of halogens is 1. The SMILES string of the molecule is CCNC(=NCc1cccc(CN(C)CC)c1)NC1CCN(c2cccs2)CC1.I. The Balaban J connectivity index is 0.00000320. The van der Waals surface area contributed by atoms with Gasteiger partial charge in [-0.05, 0) is 62.0 Å². The van der Waals surface area contributed by atoms with Crippen LogP contribution >= 0.6 is 35.3 Å². The van der Waals surface area contributed by atoms with Gasteiger partial charge in [-0.2, -0.15) is 0 Å². The van der Waals surface area contributed by atoms with Crippen molar-refractivity contribution in [3.8, 4) is 0 Å². The summed E-state index contributed by atoms with van der Waals surface area (Å²) in [5, 5.41) is 10.6. The predicted molar refractivity (Wildman–Crippen MR) is 141 cm³/mol. The highest BCUT2D eigenvalue weighted by molar-refractivity contribution is 14.0. The van der Waals surface area contributed by atoms with Crippen LogP contribution in [0.1, 0.15) is 37.8 Å². The highest BCUT2D eigenvalue weighted by Gasteiger charge is 2.20. The van der Waals surface area contributed by atoms with Gasteiger partial charge in [-0.3, -0.25) is 0 Å². The average molecular weight is 542 g/mol. The Kier molecular flexibility index (Phi) is 11.0. The first kappa shape index (κ1) is 24.9. The molecule has 0 amide bonds. The van der Waals surface area contributed by atoms with Gasteiger partial charge < -0.3 is 20.4 Å². The van der Waals surface area contributed by atoms with Crippen LogP contribution in [0, 0.1) is 0 Å². The molecule has 0 unspecified atom stereocenters. The van der Waals surface area contributed by atoms with E-state index in [0.29, 0.717) is 12.6 Å². The van der Waals surface area contributed by atoms with Crippen molar-refractivity contribution in [2.45, 2.75) is 45.8 Å². The Morgan fingerprint density at radius 3 is 2.60 bits per heavy atom. The third-order valence-electron chi connectivity index (χ3n) is 5.40. The molecule has 30 heavy (non-hydrogen) atoms. The van der Waals surface area contributed by atoms with E-state index in [-0.39, 0.29) is 24.0 Å². The van der Waals surface area contributed by atoms with Crippen LogP contribution in [0.15, 0.2) is 46.8 Å². The van der Waals surface area contributed by atoms with Crippen LogP contribution in [-0.2, 0) is 13.1 Å². The Hall–Kier alpha value is -1.32. The van der Waals surface area contributed by atoms with Crippen molar-refractivity contribution in [1.82, 2.24) is 15.5 Å². The normalized spacial score (nSPS) is 15.2. The molecule has 3 rings (SSSR count). The molecule has 2 N–H and O–H groups in total. The van der Waals surface area contributed by atoms with Crippen LogP contribution in [0.2, 0.25) is 0 Å². The first-order valence-electron chi connectivity index (χ1n) is 10.8. The number of benzene rings is 1. The average Bonchev–Trinajstić information content (AvgIpc) is 3.28. The first-order chi connectivity index (χ1) is 14.2. The minimum absolute atomic E-state index is 0. The number of guanidine groups is 1. The van der Waals surface area contributed by atoms with Crippen molar-refractivity contribution in [3.05, 3.63) is 52.9 Å². The molecule has 1 aromatic heterocycles. The number of aliphatic imine (C=N–C) groups is 1. The zero-order valence-electron chi connectivity index (χ0n) is 18.4. The number of thiophene rings is 1. The Morgan fingerprint density at radius 2 is 1.93 bits per heavy atom. The molecule has 0 radical (unpaired) electrons. The summed E-state index contributed by atoms with van der Waals surface area (Å²) in [5.41, 5.74) is 2.61. The molecule has 1 saturated heterocycles. The molecule has 0 spiro atoms. The molecule has 1 aliphatic heterocycles. The summed E-state index contributed by atoms with van der Waals surface area (Å²) in [6.45, 7) is 10.1. The fourth-order valence-corrected chi connectivity index (χ4v) is 4.41. The maximum atomic E-state index is 4.86. The zero-order valence-corrected chi connectivity index (χ0v) is 21.6. The molecule has 0 bridgehead atoms. The van der Waals surface area contributed by atoms with E-state index < -0.39 is 0 Å². The summed E-state index contributed by atoms with van der Waals surface area (Å²) in [6.07, 6.45) is 2.28. The Labute approximate surface area is 203 Å². The van der Waals surface area contributed by atoms with Crippen molar-refractivity contribution in [2.24, 2.45) is 4.99 Å². The molecule has 2 aromatic rings.